The Morgan fingerprint density at radius 2 is 2.28 bits per heavy atom. The summed E-state index contributed by atoms with van der Waals surface area (Å²) in [6, 6.07) is 4.69. The van der Waals surface area contributed by atoms with Crippen LogP contribution in [-0.4, -0.2) is 10.7 Å². The van der Waals surface area contributed by atoms with Crippen molar-refractivity contribution in [3.8, 4) is 0 Å². The van der Waals surface area contributed by atoms with Gasteiger partial charge in [-0.05, 0) is 36.5 Å². The number of benzene rings is 1. The van der Waals surface area contributed by atoms with Crippen LogP contribution in [0.4, 0.5) is 4.39 Å². The summed E-state index contributed by atoms with van der Waals surface area (Å²) in [5.74, 6) is 0.258. The first-order chi connectivity index (χ1) is 8.52. The van der Waals surface area contributed by atoms with Gasteiger partial charge < -0.3 is 5.11 Å². The third kappa shape index (κ3) is 3.24. The molecular weight excluding hydrogens is 251 g/mol. The van der Waals surface area contributed by atoms with Gasteiger partial charge in [0.05, 0.1) is 5.60 Å². The molecule has 0 radical (unpaired) electrons. The van der Waals surface area contributed by atoms with Gasteiger partial charge in [0.15, 0.2) is 0 Å². The molecule has 0 aliphatic heterocycles. The molecule has 100 valence electrons. The molecular formula is C15H20ClFO. The van der Waals surface area contributed by atoms with Gasteiger partial charge in [-0.1, -0.05) is 43.9 Å². The van der Waals surface area contributed by atoms with Crippen LogP contribution >= 0.6 is 11.6 Å². The monoisotopic (exact) mass is 270 g/mol. The van der Waals surface area contributed by atoms with Crippen molar-refractivity contribution in [2.75, 3.05) is 0 Å². The Labute approximate surface area is 113 Å². The van der Waals surface area contributed by atoms with E-state index in [2.05, 4.69) is 6.92 Å². The van der Waals surface area contributed by atoms with Crippen LogP contribution < -0.4 is 0 Å². The molecule has 1 aliphatic rings. The highest BCUT2D eigenvalue weighted by molar-refractivity contribution is 6.30. The minimum absolute atomic E-state index is 0.311. The lowest BCUT2D eigenvalue weighted by Crippen LogP contribution is -2.37. The van der Waals surface area contributed by atoms with Crippen molar-refractivity contribution in [3.05, 3.63) is 34.6 Å². The van der Waals surface area contributed by atoms with Crippen molar-refractivity contribution in [1.82, 2.24) is 0 Å². The summed E-state index contributed by atoms with van der Waals surface area (Å²) in [5.41, 5.74) is -0.174. The lowest BCUT2D eigenvalue weighted by Gasteiger charge is -2.36. The molecule has 0 heterocycles. The summed E-state index contributed by atoms with van der Waals surface area (Å²) in [7, 11) is 0. The zero-order valence-corrected chi connectivity index (χ0v) is 11.5. The van der Waals surface area contributed by atoms with Crippen LogP contribution in [-0.2, 0) is 6.42 Å². The highest BCUT2D eigenvalue weighted by atomic mass is 35.5. The second kappa shape index (κ2) is 5.58. The quantitative estimate of drug-likeness (QED) is 0.866. The van der Waals surface area contributed by atoms with E-state index in [9.17, 15) is 9.50 Å². The molecule has 1 N–H and O–H groups in total. The molecule has 3 heteroatoms. The van der Waals surface area contributed by atoms with Gasteiger partial charge in [-0.2, -0.15) is 0 Å². The molecule has 1 fully saturated rings. The number of rotatable bonds is 3. The predicted molar refractivity (Wildman–Crippen MR) is 72.3 cm³/mol. The average Bonchev–Trinajstić information content (AvgIpc) is 2.33. The predicted octanol–water partition coefficient (Wildman–Crippen LogP) is 4.35. The minimum atomic E-state index is -0.742. The van der Waals surface area contributed by atoms with Gasteiger partial charge in [0.25, 0.3) is 0 Å². The van der Waals surface area contributed by atoms with Crippen molar-refractivity contribution < 1.29 is 9.50 Å². The molecule has 0 spiro atoms. The molecule has 0 amide bonds. The van der Waals surface area contributed by atoms with Gasteiger partial charge in [0, 0.05) is 11.4 Å². The van der Waals surface area contributed by atoms with E-state index in [0.29, 0.717) is 22.9 Å². The number of hydrogen-bond donors (Lipinski definition) is 1. The summed E-state index contributed by atoms with van der Waals surface area (Å²) in [5, 5.41) is 11.0. The molecule has 1 aromatic rings. The van der Waals surface area contributed by atoms with E-state index in [0.717, 1.165) is 25.7 Å². The van der Waals surface area contributed by atoms with Crippen molar-refractivity contribution in [2.24, 2.45) is 5.92 Å². The maximum Gasteiger partial charge on any atom is 0.127 e. The summed E-state index contributed by atoms with van der Waals surface area (Å²) < 4.78 is 13.8. The van der Waals surface area contributed by atoms with Crippen LogP contribution in [0.25, 0.3) is 0 Å². The largest absolute Gasteiger partial charge is 0.390 e. The Morgan fingerprint density at radius 3 is 2.94 bits per heavy atom. The number of aliphatic hydroxyl groups is 1. The molecule has 1 saturated carbocycles. The fraction of sp³-hybridized carbons (Fsp3) is 0.600. The summed E-state index contributed by atoms with van der Waals surface area (Å²) in [6.45, 7) is 2.15. The lowest BCUT2D eigenvalue weighted by atomic mass is 9.74. The molecule has 18 heavy (non-hydrogen) atoms. The van der Waals surface area contributed by atoms with Crippen molar-refractivity contribution in [2.45, 2.75) is 51.0 Å². The fourth-order valence-corrected chi connectivity index (χ4v) is 3.15. The Hall–Kier alpha value is -0.600. The summed E-state index contributed by atoms with van der Waals surface area (Å²) in [6.07, 6.45) is 5.25. The van der Waals surface area contributed by atoms with Crippen LogP contribution in [0.15, 0.2) is 18.2 Å². The van der Waals surface area contributed by atoms with Gasteiger partial charge in [0.1, 0.15) is 5.82 Å². The topological polar surface area (TPSA) is 20.2 Å². The maximum absolute atomic E-state index is 13.8. The number of hydrogen-bond acceptors (Lipinski definition) is 1. The molecule has 0 bridgehead atoms. The number of halogens is 2. The fourth-order valence-electron chi connectivity index (χ4n) is 2.99. The first-order valence-corrected chi connectivity index (χ1v) is 7.06. The Bertz CT molecular complexity index is 421. The van der Waals surface area contributed by atoms with E-state index in [1.807, 2.05) is 0 Å². The second-order valence-corrected chi connectivity index (χ2v) is 5.94. The van der Waals surface area contributed by atoms with Crippen LogP contribution in [0.1, 0.15) is 44.6 Å². The smallest absolute Gasteiger partial charge is 0.127 e. The SMILES string of the molecule is CCC1CCCC(O)(Cc2ccc(Cl)cc2F)C1. The molecule has 2 rings (SSSR count). The van der Waals surface area contributed by atoms with E-state index in [-0.39, 0.29) is 5.82 Å². The highest BCUT2D eigenvalue weighted by Gasteiger charge is 2.34. The summed E-state index contributed by atoms with van der Waals surface area (Å²) >= 11 is 5.74. The Morgan fingerprint density at radius 1 is 1.50 bits per heavy atom. The molecule has 0 saturated heterocycles. The van der Waals surface area contributed by atoms with Crippen LogP contribution in [0.3, 0.4) is 0 Å². The van der Waals surface area contributed by atoms with Crippen LogP contribution in [0, 0.1) is 11.7 Å². The third-order valence-electron chi connectivity index (χ3n) is 4.04. The Kier molecular flexibility index (Phi) is 4.29. The zero-order chi connectivity index (χ0) is 13.2. The van der Waals surface area contributed by atoms with Crippen LogP contribution in [0.2, 0.25) is 5.02 Å². The van der Waals surface area contributed by atoms with Gasteiger partial charge in [-0.3, -0.25) is 0 Å². The van der Waals surface area contributed by atoms with Crippen molar-refractivity contribution in [1.29, 1.82) is 0 Å². The van der Waals surface area contributed by atoms with E-state index >= 15 is 0 Å². The Balaban J connectivity index is 2.11. The molecule has 1 nitrogen and oxygen atoms in total. The first kappa shape index (κ1) is 13.8. The average molecular weight is 271 g/mol. The van der Waals surface area contributed by atoms with Crippen molar-refractivity contribution >= 4 is 11.6 Å². The van der Waals surface area contributed by atoms with Gasteiger partial charge in [0.2, 0.25) is 0 Å². The molecule has 0 aromatic heterocycles. The van der Waals surface area contributed by atoms with E-state index in [1.165, 1.54) is 12.5 Å². The van der Waals surface area contributed by atoms with Crippen molar-refractivity contribution in [3.63, 3.8) is 0 Å². The first-order valence-electron chi connectivity index (χ1n) is 6.69. The molecule has 2 unspecified atom stereocenters. The van der Waals surface area contributed by atoms with Crippen LogP contribution in [0.5, 0.6) is 0 Å². The van der Waals surface area contributed by atoms with E-state index < -0.39 is 5.60 Å². The highest BCUT2D eigenvalue weighted by Crippen LogP contribution is 2.36. The summed E-state index contributed by atoms with van der Waals surface area (Å²) in [4.78, 5) is 0. The van der Waals surface area contributed by atoms with Gasteiger partial charge >= 0.3 is 0 Å². The minimum Gasteiger partial charge on any atom is -0.390 e. The second-order valence-electron chi connectivity index (χ2n) is 5.51. The van der Waals surface area contributed by atoms with E-state index in [1.54, 1.807) is 12.1 Å². The maximum atomic E-state index is 13.8. The molecule has 1 aliphatic carbocycles. The standard InChI is InChI=1S/C15H20ClFO/c1-2-11-4-3-7-15(18,9-11)10-12-5-6-13(16)8-14(12)17/h5-6,8,11,18H,2-4,7,9-10H2,1H3. The third-order valence-corrected chi connectivity index (χ3v) is 4.27. The van der Waals surface area contributed by atoms with Gasteiger partial charge in [-0.25, -0.2) is 4.39 Å². The zero-order valence-electron chi connectivity index (χ0n) is 10.8. The lowest BCUT2D eigenvalue weighted by molar-refractivity contribution is -0.0168. The van der Waals surface area contributed by atoms with E-state index in [4.69, 9.17) is 11.6 Å². The molecule has 1 aromatic carbocycles. The normalized spacial score (nSPS) is 28.3. The van der Waals surface area contributed by atoms with Gasteiger partial charge in [-0.15, -0.1) is 0 Å². The molecule has 2 atom stereocenters.